The summed E-state index contributed by atoms with van der Waals surface area (Å²) in [6, 6.07) is 15.6. The van der Waals surface area contributed by atoms with E-state index in [1.807, 2.05) is 6.92 Å². The van der Waals surface area contributed by atoms with Crippen LogP contribution in [0.4, 0.5) is 4.39 Å². The molecule has 1 aliphatic heterocycles. The number of rotatable bonds is 5. The first-order valence-corrected chi connectivity index (χ1v) is 10.5. The van der Waals surface area contributed by atoms with E-state index in [9.17, 15) is 12.8 Å². The zero-order valence-corrected chi connectivity index (χ0v) is 16.8. The normalized spacial score (nSPS) is 15.5. The molecule has 0 saturated heterocycles. The van der Waals surface area contributed by atoms with Gasteiger partial charge in [0.05, 0.1) is 4.90 Å². The molecule has 1 aliphatic rings. The number of fused-ring (bicyclic) bond motifs is 1. The zero-order chi connectivity index (χ0) is 20.6. The van der Waals surface area contributed by atoms with E-state index in [4.69, 9.17) is 25.3 Å². The smallest absolute Gasteiger partial charge is 0.297 e. The fourth-order valence-electron chi connectivity index (χ4n) is 2.90. The number of aryl methyl sites for hydroxylation is 1. The van der Waals surface area contributed by atoms with Crippen LogP contribution in [0.2, 0.25) is 5.02 Å². The van der Waals surface area contributed by atoms with Crippen LogP contribution in [0, 0.1) is 12.7 Å². The largest absolute Gasteiger partial charge is 0.448 e. The van der Waals surface area contributed by atoms with E-state index in [0.717, 1.165) is 5.56 Å². The maximum Gasteiger partial charge on any atom is 0.297 e. The van der Waals surface area contributed by atoms with Gasteiger partial charge < -0.3 is 9.47 Å². The van der Waals surface area contributed by atoms with Crippen molar-refractivity contribution in [2.45, 2.75) is 18.1 Å². The molecule has 1 heterocycles. The van der Waals surface area contributed by atoms with Crippen LogP contribution in [-0.2, 0) is 14.3 Å². The Morgan fingerprint density at radius 2 is 1.72 bits per heavy atom. The molecule has 5 nitrogen and oxygen atoms in total. The summed E-state index contributed by atoms with van der Waals surface area (Å²) in [4.78, 5) is 0.0338. The van der Waals surface area contributed by atoms with Crippen molar-refractivity contribution in [3.63, 3.8) is 0 Å². The highest BCUT2D eigenvalue weighted by atomic mass is 35.5. The van der Waals surface area contributed by atoms with Crippen molar-refractivity contribution in [3.8, 4) is 22.6 Å². The van der Waals surface area contributed by atoms with E-state index < -0.39 is 22.2 Å². The predicted octanol–water partition coefficient (Wildman–Crippen LogP) is 4.96. The van der Waals surface area contributed by atoms with Crippen molar-refractivity contribution < 1.29 is 26.5 Å². The highest BCUT2D eigenvalue weighted by Crippen LogP contribution is 2.44. The van der Waals surface area contributed by atoms with Gasteiger partial charge in [-0.1, -0.05) is 41.4 Å². The highest BCUT2D eigenvalue weighted by Gasteiger charge is 2.30. The lowest BCUT2D eigenvalue weighted by atomic mass is 10.0. The van der Waals surface area contributed by atoms with Crippen LogP contribution in [0.25, 0.3) is 11.1 Å². The minimum absolute atomic E-state index is 0.0338. The fourth-order valence-corrected chi connectivity index (χ4v) is 3.93. The molecule has 8 heteroatoms. The van der Waals surface area contributed by atoms with E-state index in [1.165, 1.54) is 24.3 Å². The molecule has 150 valence electrons. The molecule has 0 bridgehead atoms. The van der Waals surface area contributed by atoms with Crippen molar-refractivity contribution in [1.29, 1.82) is 0 Å². The van der Waals surface area contributed by atoms with Crippen molar-refractivity contribution in [3.05, 3.63) is 77.1 Å². The van der Waals surface area contributed by atoms with E-state index in [2.05, 4.69) is 0 Å². The third kappa shape index (κ3) is 4.22. The monoisotopic (exact) mass is 434 g/mol. The van der Waals surface area contributed by atoms with Crippen LogP contribution in [0.5, 0.6) is 11.5 Å². The molecule has 4 rings (SSSR count). The summed E-state index contributed by atoms with van der Waals surface area (Å²) in [6.45, 7) is 1.47. The second-order valence-electron chi connectivity index (χ2n) is 6.50. The number of ether oxygens (including phenoxy) is 2. The van der Waals surface area contributed by atoms with E-state index in [-0.39, 0.29) is 17.3 Å². The van der Waals surface area contributed by atoms with Crippen LogP contribution in [0.15, 0.2) is 65.6 Å². The molecule has 1 unspecified atom stereocenters. The Hall–Kier alpha value is -2.61. The highest BCUT2D eigenvalue weighted by molar-refractivity contribution is 7.86. The van der Waals surface area contributed by atoms with Crippen molar-refractivity contribution in [2.24, 2.45) is 0 Å². The molecule has 0 aromatic heterocycles. The Balaban J connectivity index is 1.52. The molecule has 1 atom stereocenters. The Bertz CT molecular complexity index is 1140. The van der Waals surface area contributed by atoms with Gasteiger partial charge in [-0.15, -0.1) is 0 Å². The lowest BCUT2D eigenvalue weighted by Crippen LogP contribution is -2.26. The van der Waals surface area contributed by atoms with Crippen LogP contribution in [0.1, 0.15) is 5.56 Å². The van der Waals surface area contributed by atoms with Gasteiger partial charge in [-0.2, -0.15) is 8.42 Å². The lowest BCUT2D eigenvalue weighted by molar-refractivity contribution is 0.00988. The molecule has 0 amide bonds. The standard InChI is InChI=1S/C21H16ClFO5S/c1-13-2-8-17(9-3-13)29(24,25)26-12-20-27-19-11-16(23)10-18(21(19)28-20)14-4-6-15(22)7-5-14/h2-11,20H,12H2,1H3. The Morgan fingerprint density at radius 1 is 1.03 bits per heavy atom. The van der Waals surface area contributed by atoms with Gasteiger partial charge in [-0.25, -0.2) is 4.39 Å². The first-order valence-electron chi connectivity index (χ1n) is 8.71. The Morgan fingerprint density at radius 3 is 2.41 bits per heavy atom. The van der Waals surface area contributed by atoms with Gasteiger partial charge in [0.2, 0.25) is 0 Å². The van der Waals surface area contributed by atoms with Crippen molar-refractivity contribution in [2.75, 3.05) is 6.61 Å². The number of hydrogen-bond acceptors (Lipinski definition) is 5. The number of halogens is 2. The second-order valence-corrected chi connectivity index (χ2v) is 8.56. The van der Waals surface area contributed by atoms with Gasteiger partial charge in [0.1, 0.15) is 12.4 Å². The van der Waals surface area contributed by atoms with E-state index in [0.29, 0.717) is 21.9 Å². The third-order valence-corrected chi connectivity index (χ3v) is 5.90. The van der Waals surface area contributed by atoms with Crippen LogP contribution >= 0.6 is 11.6 Å². The molecule has 3 aromatic rings. The first-order chi connectivity index (χ1) is 13.8. The minimum Gasteiger partial charge on any atom is -0.448 e. The molecule has 3 aromatic carbocycles. The molecule has 0 N–H and O–H groups in total. The molecular formula is C21H16ClFO5S. The zero-order valence-electron chi connectivity index (χ0n) is 15.3. The quantitative estimate of drug-likeness (QED) is 0.531. The van der Waals surface area contributed by atoms with Crippen molar-refractivity contribution in [1.82, 2.24) is 0 Å². The molecule has 29 heavy (non-hydrogen) atoms. The summed E-state index contributed by atoms with van der Waals surface area (Å²) in [5, 5.41) is 0.548. The second kappa shape index (κ2) is 7.67. The number of benzene rings is 3. The van der Waals surface area contributed by atoms with Crippen molar-refractivity contribution >= 4 is 21.7 Å². The molecule has 0 aliphatic carbocycles. The topological polar surface area (TPSA) is 61.8 Å². The Kier molecular flexibility index (Phi) is 5.21. The lowest BCUT2D eigenvalue weighted by Gasteiger charge is -2.11. The average Bonchev–Trinajstić information content (AvgIpc) is 3.10. The predicted molar refractivity (Wildman–Crippen MR) is 106 cm³/mol. The van der Waals surface area contributed by atoms with Gasteiger partial charge >= 0.3 is 0 Å². The molecule has 0 fully saturated rings. The summed E-state index contributed by atoms with van der Waals surface area (Å²) < 4.78 is 55.1. The average molecular weight is 435 g/mol. The SMILES string of the molecule is Cc1ccc(S(=O)(=O)OCC2Oc3cc(F)cc(-c4ccc(Cl)cc4)c3O2)cc1. The van der Waals surface area contributed by atoms with Gasteiger partial charge in [0, 0.05) is 16.7 Å². The molecular weight excluding hydrogens is 419 g/mol. The Labute approximate surface area is 172 Å². The third-order valence-electron chi connectivity index (χ3n) is 4.35. The number of hydrogen-bond donors (Lipinski definition) is 0. The summed E-state index contributed by atoms with van der Waals surface area (Å²) >= 11 is 5.91. The van der Waals surface area contributed by atoms with Crippen LogP contribution < -0.4 is 9.47 Å². The maximum absolute atomic E-state index is 14.1. The first kappa shape index (κ1) is 19.7. The van der Waals surface area contributed by atoms with Crippen LogP contribution in [0.3, 0.4) is 0 Å². The van der Waals surface area contributed by atoms with E-state index in [1.54, 1.807) is 36.4 Å². The van der Waals surface area contributed by atoms with Gasteiger partial charge in [-0.3, -0.25) is 4.18 Å². The van der Waals surface area contributed by atoms with E-state index >= 15 is 0 Å². The molecule has 0 spiro atoms. The van der Waals surface area contributed by atoms with Gasteiger partial charge in [0.25, 0.3) is 16.4 Å². The summed E-state index contributed by atoms with van der Waals surface area (Å²) in [7, 11) is -3.98. The summed E-state index contributed by atoms with van der Waals surface area (Å²) in [5.41, 5.74) is 2.08. The molecule has 0 saturated carbocycles. The van der Waals surface area contributed by atoms with Gasteiger partial charge in [-0.05, 0) is 42.8 Å². The van der Waals surface area contributed by atoms with Crippen LogP contribution in [-0.4, -0.2) is 21.3 Å². The minimum atomic E-state index is -3.98. The van der Waals surface area contributed by atoms with Gasteiger partial charge in [0.15, 0.2) is 11.5 Å². The maximum atomic E-state index is 14.1. The summed E-state index contributed by atoms with van der Waals surface area (Å²) in [6.07, 6.45) is -1.03. The molecule has 0 radical (unpaired) electrons. The fraction of sp³-hybridized carbons (Fsp3) is 0.143. The summed E-state index contributed by atoms with van der Waals surface area (Å²) in [5.74, 6) is -0.0162.